The fourth-order valence-electron chi connectivity index (χ4n) is 1.90. The van der Waals surface area contributed by atoms with Gasteiger partial charge in [-0.05, 0) is 30.9 Å². The number of carbonyl (C=O) groups excluding carboxylic acids is 1. The first-order valence-corrected chi connectivity index (χ1v) is 6.60. The van der Waals surface area contributed by atoms with E-state index in [1.54, 1.807) is 12.1 Å². The molecule has 0 unspecified atom stereocenters. The smallest absolute Gasteiger partial charge is 0.329 e. The molecule has 20 heavy (non-hydrogen) atoms. The van der Waals surface area contributed by atoms with Crippen LogP contribution < -0.4 is 0 Å². The van der Waals surface area contributed by atoms with E-state index in [4.69, 9.17) is 0 Å². The van der Waals surface area contributed by atoms with Crippen LogP contribution >= 0.6 is 0 Å². The number of rotatable bonds is 3. The minimum absolute atomic E-state index is 0.180. The van der Waals surface area contributed by atoms with Crippen LogP contribution in [0, 0.1) is 0 Å². The molecule has 1 aromatic carbocycles. The largest absolute Gasteiger partial charge is 0.480 e. The maximum atomic E-state index is 12.6. The Labute approximate surface area is 120 Å². The Hall–Kier alpha value is -1.84. The lowest BCUT2D eigenvalue weighted by Crippen LogP contribution is -2.51. The number of nitrogens with zero attached hydrogens (tertiary/aromatic N) is 1. The summed E-state index contributed by atoms with van der Waals surface area (Å²) in [5.74, 6) is -1.30. The number of carboxylic acids is 1. The van der Waals surface area contributed by atoms with E-state index in [1.807, 2.05) is 32.9 Å². The summed E-state index contributed by atoms with van der Waals surface area (Å²) in [6, 6.07) is 7.34. The van der Waals surface area contributed by atoms with Crippen LogP contribution in [0.1, 0.15) is 50.5 Å². The van der Waals surface area contributed by atoms with Gasteiger partial charge in [0.2, 0.25) is 0 Å². The third-order valence-corrected chi connectivity index (χ3v) is 3.63. The predicted molar refractivity (Wildman–Crippen MR) is 79.0 cm³/mol. The molecule has 0 saturated carbocycles. The number of benzene rings is 1. The van der Waals surface area contributed by atoms with Crippen LogP contribution in [-0.2, 0) is 10.2 Å². The Bertz CT molecular complexity index is 527. The number of carboxylic acid groups (broad SMARTS) is 1. The van der Waals surface area contributed by atoms with Crippen molar-refractivity contribution in [3.8, 4) is 0 Å². The van der Waals surface area contributed by atoms with E-state index >= 15 is 0 Å². The van der Waals surface area contributed by atoms with Crippen molar-refractivity contribution in [3.05, 3.63) is 35.4 Å². The molecule has 0 aliphatic carbocycles. The second-order valence-electron chi connectivity index (χ2n) is 6.52. The Kier molecular flexibility index (Phi) is 4.27. The summed E-state index contributed by atoms with van der Waals surface area (Å²) in [5, 5.41) is 9.24. The van der Waals surface area contributed by atoms with Gasteiger partial charge in [-0.3, -0.25) is 4.79 Å². The van der Waals surface area contributed by atoms with Crippen LogP contribution in [0.2, 0.25) is 0 Å². The molecule has 0 saturated heterocycles. The van der Waals surface area contributed by atoms with E-state index < -0.39 is 11.5 Å². The van der Waals surface area contributed by atoms with Gasteiger partial charge in [0.15, 0.2) is 0 Å². The highest BCUT2D eigenvalue weighted by atomic mass is 16.4. The van der Waals surface area contributed by atoms with Gasteiger partial charge in [-0.1, -0.05) is 39.0 Å². The maximum absolute atomic E-state index is 12.6. The molecule has 0 heterocycles. The maximum Gasteiger partial charge on any atom is 0.329 e. The summed E-state index contributed by atoms with van der Waals surface area (Å²) < 4.78 is 0. The molecule has 1 N–H and O–H groups in total. The standard InChI is InChI=1S/C16H23NO3/c1-15(2,3)12-10-8-7-9-11(12)13(18)17(6)16(4,5)14(19)20/h7-10H,1-6H3,(H,19,20). The summed E-state index contributed by atoms with van der Waals surface area (Å²) in [5.41, 5.74) is 0.0394. The molecule has 0 aliphatic heterocycles. The van der Waals surface area contributed by atoms with Gasteiger partial charge in [0.05, 0.1) is 0 Å². The molecule has 0 fully saturated rings. The van der Waals surface area contributed by atoms with Crippen molar-refractivity contribution in [1.29, 1.82) is 0 Å². The summed E-state index contributed by atoms with van der Waals surface area (Å²) in [6.07, 6.45) is 0. The highest BCUT2D eigenvalue weighted by Crippen LogP contribution is 2.27. The second kappa shape index (κ2) is 5.27. The lowest BCUT2D eigenvalue weighted by atomic mass is 9.83. The molecular formula is C16H23NO3. The van der Waals surface area contributed by atoms with Crippen molar-refractivity contribution in [2.75, 3.05) is 7.05 Å². The number of likely N-dealkylation sites (N-methyl/N-ethyl adjacent to an activating group) is 1. The summed E-state index contributed by atoms with van der Waals surface area (Å²) in [4.78, 5) is 25.2. The van der Waals surface area contributed by atoms with E-state index in [0.29, 0.717) is 5.56 Å². The van der Waals surface area contributed by atoms with Crippen LogP contribution in [0.15, 0.2) is 24.3 Å². The third-order valence-electron chi connectivity index (χ3n) is 3.63. The Morgan fingerprint density at radius 3 is 2.00 bits per heavy atom. The quantitative estimate of drug-likeness (QED) is 0.924. The van der Waals surface area contributed by atoms with Gasteiger partial charge < -0.3 is 10.0 Å². The number of amides is 1. The monoisotopic (exact) mass is 277 g/mol. The minimum atomic E-state index is -1.25. The van der Waals surface area contributed by atoms with Gasteiger partial charge in [0.25, 0.3) is 5.91 Å². The van der Waals surface area contributed by atoms with Crippen LogP contribution in [0.25, 0.3) is 0 Å². The topological polar surface area (TPSA) is 57.6 Å². The van der Waals surface area contributed by atoms with Crippen LogP contribution in [-0.4, -0.2) is 34.5 Å². The first-order chi connectivity index (χ1) is 8.99. The second-order valence-corrected chi connectivity index (χ2v) is 6.52. The van der Waals surface area contributed by atoms with Gasteiger partial charge in [-0.25, -0.2) is 4.79 Å². The normalized spacial score (nSPS) is 12.1. The summed E-state index contributed by atoms with van der Waals surface area (Å²) in [6.45, 7) is 9.13. The number of aliphatic carboxylic acids is 1. The molecule has 4 nitrogen and oxygen atoms in total. The van der Waals surface area contributed by atoms with E-state index in [2.05, 4.69) is 0 Å². The van der Waals surface area contributed by atoms with Crippen molar-refractivity contribution in [2.24, 2.45) is 0 Å². The molecule has 0 radical (unpaired) electrons. The zero-order chi connectivity index (χ0) is 15.7. The molecular weight excluding hydrogens is 254 g/mol. The van der Waals surface area contributed by atoms with Gasteiger partial charge in [0, 0.05) is 12.6 Å². The predicted octanol–water partition coefficient (Wildman–Crippen LogP) is 2.92. The van der Waals surface area contributed by atoms with Gasteiger partial charge in [-0.2, -0.15) is 0 Å². The Morgan fingerprint density at radius 2 is 1.55 bits per heavy atom. The molecule has 1 aromatic rings. The van der Waals surface area contributed by atoms with E-state index in [9.17, 15) is 14.7 Å². The van der Waals surface area contributed by atoms with Gasteiger partial charge in [0.1, 0.15) is 5.54 Å². The highest BCUT2D eigenvalue weighted by molar-refractivity contribution is 5.98. The fraction of sp³-hybridized carbons (Fsp3) is 0.500. The van der Waals surface area contributed by atoms with Crippen LogP contribution in [0.5, 0.6) is 0 Å². The van der Waals surface area contributed by atoms with Crippen LogP contribution in [0.3, 0.4) is 0 Å². The molecule has 0 bridgehead atoms. The molecule has 1 amide bonds. The van der Waals surface area contributed by atoms with Gasteiger partial charge in [-0.15, -0.1) is 0 Å². The number of carbonyl (C=O) groups is 2. The molecule has 0 aliphatic rings. The Balaban J connectivity index is 3.27. The highest BCUT2D eigenvalue weighted by Gasteiger charge is 2.36. The third kappa shape index (κ3) is 3.00. The Morgan fingerprint density at radius 1 is 1.05 bits per heavy atom. The van der Waals surface area contributed by atoms with Crippen molar-refractivity contribution >= 4 is 11.9 Å². The number of hydrogen-bond donors (Lipinski definition) is 1. The average Bonchev–Trinajstić information content (AvgIpc) is 2.35. The molecule has 0 aromatic heterocycles. The summed E-state index contributed by atoms with van der Waals surface area (Å²) >= 11 is 0. The zero-order valence-electron chi connectivity index (χ0n) is 13.0. The molecule has 1 rings (SSSR count). The molecule has 4 heteroatoms. The molecule has 0 spiro atoms. The lowest BCUT2D eigenvalue weighted by molar-refractivity contribution is -0.147. The lowest BCUT2D eigenvalue weighted by Gasteiger charge is -2.33. The van der Waals surface area contributed by atoms with Crippen molar-refractivity contribution in [1.82, 2.24) is 4.90 Å². The average molecular weight is 277 g/mol. The van der Waals surface area contributed by atoms with E-state index in [0.717, 1.165) is 5.56 Å². The first kappa shape index (κ1) is 16.2. The fourth-order valence-corrected chi connectivity index (χ4v) is 1.90. The van der Waals surface area contributed by atoms with E-state index in [1.165, 1.54) is 25.8 Å². The number of hydrogen-bond acceptors (Lipinski definition) is 2. The van der Waals surface area contributed by atoms with Crippen molar-refractivity contribution in [3.63, 3.8) is 0 Å². The first-order valence-electron chi connectivity index (χ1n) is 6.60. The molecule has 0 atom stereocenters. The minimum Gasteiger partial charge on any atom is -0.480 e. The zero-order valence-corrected chi connectivity index (χ0v) is 13.0. The SMILES string of the molecule is CN(C(=O)c1ccccc1C(C)(C)C)C(C)(C)C(=O)O. The van der Waals surface area contributed by atoms with E-state index in [-0.39, 0.29) is 11.3 Å². The van der Waals surface area contributed by atoms with Crippen LogP contribution in [0.4, 0.5) is 0 Å². The summed E-state index contributed by atoms with van der Waals surface area (Å²) in [7, 11) is 1.52. The van der Waals surface area contributed by atoms with Crippen molar-refractivity contribution in [2.45, 2.75) is 45.6 Å². The van der Waals surface area contributed by atoms with Crippen molar-refractivity contribution < 1.29 is 14.7 Å². The molecule has 110 valence electrons. The van der Waals surface area contributed by atoms with Gasteiger partial charge >= 0.3 is 5.97 Å².